The van der Waals surface area contributed by atoms with Crippen LogP contribution in [-0.2, 0) is 6.54 Å². The van der Waals surface area contributed by atoms with E-state index in [4.69, 9.17) is 0 Å². The molecule has 1 N–H and O–H groups in total. The molecule has 0 atom stereocenters. The first-order valence-corrected chi connectivity index (χ1v) is 10.3. The molecule has 0 bridgehead atoms. The van der Waals surface area contributed by atoms with Crippen LogP contribution in [0.5, 0.6) is 0 Å². The van der Waals surface area contributed by atoms with E-state index in [1.807, 2.05) is 29.8 Å². The van der Waals surface area contributed by atoms with Crippen LogP contribution in [0.3, 0.4) is 0 Å². The summed E-state index contributed by atoms with van der Waals surface area (Å²) in [6, 6.07) is 8.31. The summed E-state index contributed by atoms with van der Waals surface area (Å²) >= 11 is 5.30. The minimum atomic E-state index is 0. The van der Waals surface area contributed by atoms with Crippen molar-refractivity contribution in [3.05, 3.63) is 52.2 Å². The molecule has 4 rings (SSSR count). The zero-order valence-corrected chi connectivity index (χ0v) is 19.7. The van der Waals surface area contributed by atoms with Gasteiger partial charge in [0.2, 0.25) is 0 Å². The average molecular weight is 561 g/mol. The van der Waals surface area contributed by atoms with Gasteiger partial charge in [-0.25, -0.2) is 4.98 Å². The van der Waals surface area contributed by atoms with Gasteiger partial charge in [0.25, 0.3) is 0 Å². The predicted molar refractivity (Wildman–Crippen MR) is 127 cm³/mol. The number of fused-ring (bicyclic) bond motifs is 1. The van der Waals surface area contributed by atoms with Crippen LogP contribution in [0.4, 0.5) is 5.00 Å². The number of imidazole rings is 1. The highest BCUT2D eigenvalue weighted by Gasteiger charge is 2.20. The Labute approximate surface area is 188 Å². The Morgan fingerprint density at radius 2 is 2.04 bits per heavy atom. The van der Waals surface area contributed by atoms with E-state index in [0.29, 0.717) is 6.54 Å². The zero-order valence-electron chi connectivity index (χ0n) is 15.0. The number of aliphatic imine (C=N–C) groups is 1. The molecule has 1 saturated heterocycles. The topological polar surface area (TPSA) is 48.2 Å². The lowest BCUT2D eigenvalue weighted by molar-refractivity contribution is 0.373. The van der Waals surface area contributed by atoms with E-state index >= 15 is 0 Å². The van der Waals surface area contributed by atoms with Crippen LogP contribution in [0.1, 0.15) is 5.69 Å². The van der Waals surface area contributed by atoms with Crippen LogP contribution in [0, 0.1) is 0 Å². The van der Waals surface area contributed by atoms with Crippen molar-refractivity contribution in [2.75, 3.05) is 38.1 Å². The second-order valence-electron chi connectivity index (χ2n) is 6.17. The fraction of sp³-hybridized carbons (Fsp3) is 0.333. The minimum absolute atomic E-state index is 0. The predicted octanol–water partition coefficient (Wildman–Crippen LogP) is 3.67. The molecule has 0 aliphatic carbocycles. The van der Waals surface area contributed by atoms with Crippen LogP contribution >= 0.6 is 51.2 Å². The van der Waals surface area contributed by atoms with Crippen molar-refractivity contribution in [1.29, 1.82) is 0 Å². The smallest absolute Gasteiger partial charge is 0.194 e. The second-order valence-corrected chi connectivity index (χ2v) is 8.01. The Kier molecular flexibility index (Phi) is 6.99. The summed E-state index contributed by atoms with van der Waals surface area (Å²) in [4.78, 5) is 13.9. The maximum atomic E-state index is 4.65. The van der Waals surface area contributed by atoms with Gasteiger partial charge in [-0.2, -0.15) is 0 Å². The molecule has 144 valence electrons. The number of guanidine groups is 1. The molecule has 0 saturated carbocycles. The van der Waals surface area contributed by atoms with Crippen LogP contribution in [0.25, 0.3) is 5.65 Å². The average Bonchev–Trinajstić information content (AvgIpc) is 3.32. The highest BCUT2D eigenvalue weighted by Crippen LogP contribution is 2.22. The van der Waals surface area contributed by atoms with Crippen molar-refractivity contribution in [3.63, 3.8) is 0 Å². The van der Waals surface area contributed by atoms with Gasteiger partial charge in [-0.3, -0.25) is 4.99 Å². The van der Waals surface area contributed by atoms with Gasteiger partial charge in [0.05, 0.1) is 17.2 Å². The van der Waals surface area contributed by atoms with Crippen LogP contribution in [-0.4, -0.2) is 53.5 Å². The third kappa shape index (κ3) is 4.75. The van der Waals surface area contributed by atoms with Crippen LogP contribution < -0.4 is 10.2 Å². The molecule has 1 aliphatic rings. The summed E-state index contributed by atoms with van der Waals surface area (Å²) in [5, 5.41) is 6.94. The third-order valence-electron chi connectivity index (χ3n) is 4.50. The van der Waals surface area contributed by atoms with E-state index in [1.165, 1.54) is 5.00 Å². The molecular formula is C18H22BrIN6S. The van der Waals surface area contributed by atoms with Crippen molar-refractivity contribution >= 4 is 67.9 Å². The van der Waals surface area contributed by atoms with E-state index in [2.05, 4.69) is 64.7 Å². The number of hydrogen-bond acceptors (Lipinski definition) is 4. The van der Waals surface area contributed by atoms with E-state index < -0.39 is 0 Å². The number of thiophene rings is 1. The number of nitrogens with zero attached hydrogens (tertiary/aromatic N) is 5. The summed E-state index contributed by atoms with van der Waals surface area (Å²) in [7, 11) is 1.84. The third-order valence-corrected chi connectivity index (χ3v) is 5.90. The Hall–Kier alpha value is -1.33. The lowest BCUT2D eigenvalue weighted by atomic mass is 10.3. The molecule has 1 aliphatic heterocycles. The van der Waals surface area contributed by atoms with Gasteiger partial charge in [0.15, 0.2) is 5.96 Å². The Balaban J connectivity index is 0.00000210. The van der Waals surface area contributed by atoms with E-state index in [1.54, 1.807) is 11.3 Å². The molecule has 0 radical (unpaired) electrons. The molecule has 9 heteroatoms. The van der Waals surface area contributed by atoms with Crippen molar-refractivity contribution in [1.82, 2.24) is 19.6 Å². The molecule has 1 fully saturated rings. The summed E-state index contributed by atoms with van der Waals surface area (Å²) in [6.45, 7) is 4.63. The van der Waals surface area contributed by atoms with Crippen LogP contribution in [0.15, 0.2) is 51.5 Å². The van der Waals surface area contributed by atoms with Crippen molar-refractivity contribution in [3.8, 4) is 0 Å². The molecule has 27 heavy (non-hydrogen) atoms. The summed E-state index contributed by atoms with van der Waals surface area (Å²) in [5.41, 5.74) is 1.95. The maximum absolute atomic E-state index is 4.65. The lowest BCUT2D eigenvalue weighted by Gasteiger charge is -2.36. The van der Waals surface area contributed by atoms with Gasteiger partial charge in [-0.05, 0) is 45.6 Å². The fourth-order valence-electron chi connectivity index (χ4n) is 3.19. The molecule has 3 aromatic rings. The molecule has 4 heterocycles. The number of anilines is 1. The first kappa shape index (κ1) is 20.4. The van der Waals surface area contributed by atoms with Gasteiger partial charge >= 0.3 is 0 Å². The highest BCUT2D eigenvalue weighted by molar-refractivity contribution is 14.0. The van der Waals surface area contributed by atoms with E-state index in [-0.39, 0.29) is 24.0 Å². The normalized spacial score (nSPS) is 15.1. The van der Waals surface area contributed by atoms with Gasteiger partial charge in [0.1, 0.15) is 5.65 Å². The summed E-state index contributed by atoms with van der Waals surface area (Å²) < 4.78 is 3.07. The number of rotatable bonds is 3. The number of piperazine rings is 1. The molecular weight excluding hydrogens is 539 g/mol. The number of nitrogens with one attached hydrogen (secondary N) is 1. The van der Waals surface area contributed by atoms with Crippen LogP contribution in [0.2, 0.25) is 0 Å². The lowest BCUT2D eigenvalue weighted by Crippen LogP contribution is -2.52. The number of halogens is 2. The largest absolute Gasteiger partial charge is 0.360 e. The van der Waals surface area contributed by atoms with Gasteiger partial charge in [-0.1, -0.05) is 0 Å². The number of aromatic nitrogens is 2. The summed E-state index contributed by atoms with van der Waals surface area (Å²) in [6.07, 6.45) is 4.07. The second kappa shape index (κ2) is 9.24. The van der Waals surface area contributed by atoms with Crippen molar-refractivity contribution in [2.24, 2.45) is 4.99 Å². The maximum Gasteiger partial charge on any atom is 0.194 e. The Morgan fingerprint density at radius 1 is 1.22 bits per heavy atom. The molecule has 0 spiro atoms. The number of pyridine rings is 1. The van der Waals surface area contributed by atoms with Gasteiger partial charge in [-0.15, -0.1) is 35.3 Å². The quantitative estimate of drug-likeness (QED) is 0.302. The van der Waals surface area contributed by atoms with Gasteiger partial charge < -0.3 is 19.5 Å². The summed E-state index contributed by atoms with van der Waals surface area (Å²) in [5.74, 6) is 0.939. The molecule has 0 amide bonds. The monoisotopic (exact) mass is 560 g/mol. The fourth-order valence-corrected chi connectivity index (χ4v) is 4.33. The highest BCUT2D eigenvalue weighted by atomic mass is 127. The van der Waals surface area contributed by atoms with Crippen molar-refractivity contribution in [2.45, 2.75) is 6.54 Å². The molecule has 0 aromatic carbocycles. The SMILES string of the molecule is CN=C(NCc1cn2cc(Br)ccc2n1)N1CCN(c2cccs2)CC1.I. The first-order valence-electron chi connectivity index (χ1n) is 8.60. The Bertz CT molecular complexity index is 902. The first-order chi connectivity index (χ1) is 12.7. The molecule has 6 nitrogen and oxygen atoms in total. The zero-order chi connectivity index (χ0) is 17.9. The van der Waals surface area contributed by atoms with Crippen molar-refractivity contribution < 1.29 is 0 Å². The van der Waals surface area contributed by atoms with E-state index in [9.17, 15) is 0 Å². The molecule has 3 aromatic heterocycles. The Morgan fingerprint density at radius 3 is 2.74 bits per heavy atom. The van der Waals surface area contributed by atoms with Gasteiger partial charge in [0, 0.05) is 50.1 Å². The number of hydrogen-bond donors (Lipinski definition) is 1. The van der Waals surface area contributed by atoms with E-state index in [0.717, 1.165) is 48.0 Å². The minimum Gasteiger partial charge on any atom is -0.360 e. The molecule has 0 unspecified atom stereocenters. The standard InChI is InChI=1S/C18H21BrN6S.HI/c1-20-18(24-8-6-23(7-9-24)17-3-2-10-26-17)21-11-15-13-25-12-14(19)4-5-16(25)22-15;/h2-5,10,12-13H,6-9,11H2,1H3,(H,20,21);1H.